The Hall–Kier alpha value is -4.16. The monoisotopic (exact) mass is 502 g/mol. The molecule has 2 aliphatic rings. The summed E-state index contributed by atoms with van der Waals surface area (Å²) in [6.45, 7) is 2.13. The molecular formula is C23H18F4N6O3. The predicted octanol–water partition coefficient (Wildman–Crippen LogP) is 3.94. The molecule has 13 heteroatoms. The average molecular weight is 502 g/mol. The predicted molar refractivity (Wildman–Crippen MR) is 118 cm³/mol. The Bertz CT molecular complexity index is 1550. The SMILES string of the molecule is Cc1ncc2c(N)nc3cnc(C(=O)N4CCC[C@@H]5Oc6c(ccc(OC(F)(F)F)c6F)[C@@H]54)cc3n12. The number of ether oxygens (including phenoxy) is 2. The Morgan fingerprint density at radius 2 is 2.03 bits per heavy atom. The number of halogens is 4. The topological polar surface area (TPSA) is 108 Å². The fraction of sp³-hybridized carbons (Fsp3) is 0.304. The van der Waals surface area contributed by atoms with Crippen molar-refractivity contribution in [3.05, 3.63) is 53.5 Å². The Labute approximate surface area is 200 Å². The average Bonchev–Trinajstić information content (AvgIpc) is 3.41. The maximum atomic E-state index is 14.9. The van der Waals surface area contributed by atoms with Gasteiger partial charge in [-0.25, -0.2) is 15.0 Å². The fourth-order valence-electron chi connectivity index (χ4n) is 5.02. The molecule has 1 saturated heterocycles. The number of anilines is 1. The van der Waals surface area contributed by atoms with Crippen LogP contribution in [0.2, 0.25) is 0 Å². The van der Waals surface area contributed by atoms with Gasteiger partial charge in [0, 0.05) is 12.1 Å². The van der Waals surface area contributed by atoms with Crippen molar-refractivity contribution in [3.8, 4) is 11.5 Å². The molecule has 1 fully saturated rings. The van der Waals surface area contributed by atoms with Gasteiger partial charge < -0.3 is 20.1 Å². The van der Waals surface area contributed by atoms with Crippen LogP contribution in [0.5, 0.6) is 11.5 Å². The van der Waals surface area contributed by atoms with Crippen LogP contribution in [-0.4, -0.2) is 49.2 Å². The number of carbonyl (C=O) groups excluding carboxylic acids is 1. The first-order valence-electron chi connectivity index (χ1n) is 11.1. The summed E-state index contributed by atoms with van der Waals surface area (Å²) in [6, 6.07) is 3.10. The van der Waals surface area contributed by atoms with E-state index in [0.717, 1.165) is 6.07 Å². The van der Waals surface area contributed by atoms with Crippen molar-refractivity contribution < 1.29 is 31.8 Å². The van der Waals surface area contributed by atoms with E-state index in [1.807, 2.05) is 0 Å². The maximum absolute atomic E-state index is 14.9. The first-order valence-corrected chi connectivity index (χ1v) is 11.1. The molecule has 186 valence electrons. The van der Waals surface area contributed by atoms with Crippen LogP contribution in [0.25, 0.3) is 16.6 Å². The third kappa shape index (κ3) is 3.37. The summed E-state index contributed by atoms with van der Waals surface area (Å²) in [5.41, 5.74) is 8.07. The molecule has 36 heavy (non-hydrogen) atoms. The number of nitrogens with two attached hydrogens (primary N) is 1. The van der Waals surface area contributed by atoms with Crippen LogP contribution >= 0.6 is 0 Å². The number of hydrogen-bond donors (Lipinski definition) is 1. The third-order valence-electron chi connectivity index (χ3n) is 6.51. The molecule has 2 N–H and O–H groups in total. The van der Waals surface area contributed by atoms with Crippen LogP contribution in [0.15, 0.2) is 30.6 Å². The van der Waals surface area contributed by atoms with E-state index in [4.69, 9.17) is 10.5 Å². The smallest absolute Gasteiger partial charge is 0.484 e. The Morgan fingerprint density at radius 3 is 2.81 bits per heavy atom. The molecule has 1 amide bonds. The molecule has 1 aromatic carbocycles. The first kappa shape index (κ1) is 22.3. The first-order chi connectivity index (χ1) is 17.1. The number of amides is 1. The second kappa shape index (κ2) is 7.67. The number of carbonyl (C=O) groups is 1. The quantitative estimate of drug-likeness (QED) is 0.414. The number of nitrogens with zero attached hydrogens (tertiary/aromatic N) is 5. The molecule has 9 nitrogen and oxygen atoms in total. The van der Waals surface area contributed by atoms with Crippen LogP contribution in [0.1, 0.15) is 40.8 Å². The van der Waals surface area contributed by atoms with E-state index in [1.54, 1.807) is 23.6 Å². The molecule has 0 aliphatic carbocycles. The number of nitrogen functional groups attached to an aromatic ring is 1. The van der Waals surface area contributed by atoms with E-state index in [9.17, 15) is 22.4 Å². The van der Waals surface area contributed by atoms with Crippen LogP contribution in [0, 0.1) is 12.7 Å². The second-order valence-corrected chi connectivity index (χ2v) is 8.67. The zero-order valence-corrected chi connectivity index (χ0v) is 18.7. The molecule has 0 unspecified atom stereocenters. The number of pyridine rings is 1. The van der Waals surface area contributed by atoms with Crippen molar-refractivity contribution in [2.24, 2.45) is 0 Å². The molecule has 0 radical (unpaired) electrons. The second-order valence-electron chi connectivity index (χ2n) is 8.67. The third-order valence-corrected chi connectivity index (χ3v) is 6.51. The Balaban J connectivity index is 1.40. The number of hydrogen-bond acceptors (Lipinski definition) is 7. The molecule has 0 bridgehead atoms. The molecule has 2 aliphatic heterocycles. The van der Waals surface area contributed by atoms with Crippen molar-refractivity contribution in [2.75, 3.05) is 12.3 Å². The number of aromatic nitrogens is 4. The number of fused-ring (bicyclic) bond motifs is 6. The van der Waals surface area contributed by atoms with Gasteiger partial charge in [-0.3, -0.25) is 9.20 Å². The number of benzene rings is 1. The number of imidazole rings is 1. The fourth-order valence-corrected chi connectivity index (χ4v) is 5.02. The molecule has 3 aromatic heterocycles. The number of aryl methyl sites for hydroxylation is 1. The lowest BCUT2D eigenvalue weighted by atomic mass is 9.94. The Kier molecular flexibility index (Phi) is 4.75. The summed E-state index contributed by atoms with van der Waals surface area (Å²) >= 11 is 0. The normalized spacial score (nSPS) is 19.3. The highest BCUT2D eigenvalue weighted by molar-refractivity contribution is 5.96. The summed E-state index contributed by atoms with van der Waals surface area (Å²) in [5, 5.41) is 0. The summed E-state index contributed by atoms with van der Waals surface area (Å²) in [4.78, 5) is 28.0. The van der Waals surface area contributed by atoms with Crippen molar-refractivity contribution >= 4 is 28.3 Å². The minimum atomic E-state index is -5.05. The highest BCUT2D eigenvalue weighted by Gasteiger charge is 2.46. The van der Waals surface area contributed by atoms with Gasteiger partial charge in [-0.1, -0.05) is 0 Å². The number of alkyl halides is 3. The highest BCUT2D eigenvalue weighted by atomic mass is 19.4. The van der Waals surface area contributed by atoms with E-state index in [-0.39, 0.29) is 22.8 Å². The lowest BCUT2D eigenvalue weighted by Gasteiger charge is -2.36. The summed E-state index contributed by atoms with van der Waals surface area (Å²) in [7, 11) is 0. The van der Waals surface area contributed by atoms with Gasteiger partial charge in [-0.05, 0) is 38.0 Å². The lowest BCUT2D eigenvalue weighted by molar-refractivity contribution is -0.275. The minimum Gasteiger partial charge on any atom is -0.484 e. The Morgan fingerprint density at radius 1 is 1.22 bits per heavy atom. The number of piperidine rings is 1. The standard InChI is InChI=1S/C23H18F4N6O3/c1-10-29-9-15-21(28)31-13-8-30-12(7-14(13)33(10)15)22(34)32-6-2-3-17-19(32)11-4-5-16(36-23(25,26)27)18(24)20(11)35-17/h4-5,7-9,17,19H,2-3,6H2,1H3,(H2,28,31)/t17-,19-/m0/s1. The zero-order valence-electron chi connectivity index (χ0n) is 18.7. The van der Waals surface area contributed by atoms with E-state index in [1.165, 1.54) is 17.2 Å². The summed E-state index contributed by atoms with van der Waals surface area (Å²) in [5.74, 6) is -2.08. The molecule has 6 rings (SSSR count). The van der Waals surface area contributed by atoms with Crippen LogP contribution in [0.3, 0.4) is 0 Å². The summed E-state index contributed by atoms with van der Waals surface area (Å²) in [6.07, 6.45) is -1.57. The van der Waals surface area contributed by atoms with Crippen molar-refractivity contribution in [2.45, 2.75) is 38.3 Å². The van der Waals surface area contributed by atoms with Gasteiger partial charge in [0.2, 0.25) is 5.82 Å². The van der Waals surface area contributed by atoms with E-state index >= 15 is 0 Å². The highest BCUT2D eigenvalue weighted by Crippen LogP contribution is 2.48. The molecule has 0 saturated carbocycles. The molecule has 2 atom stereocenters. The summed E-state index contributed by atoms with van der Waals surface area (Å²) < 4.78 is 64.1. The van der Waals surface area contributed by atoms with Crippen LogP contribution < -0.4 is 15.2 Å². The lowest BCUT2D eigenvalue weighted by Crippen LogP contribution is -2.44. The van der Waals surface area contributed by atoms with Gasteiger partial charge in [0.25, 0.3) is 5.91 Å². The maximum Gasteiger partial charge on any atom is 0.573 e. The molecular weight excluding hydrogens is 484 g/mol. The largest absolute Gasteiger partial charge is 0.573 e. The van der Waals surface area contributed by atoms with Gasteiger partial charge in [0.15, 0.2) is 11.5 Å². The van der Waals surface area contributed by atoms with Gasteiger partial charge in [0.05, 0.1) is 24.0 Å². The van der Waals surface area contributed by atoms with Crippen LogP contribution in [-0.2, 0) is 0 Å². The van der Waals surface area contributed by atoms with E-state index in [0.29, 0.717) is 41.8 Å². The van der Waals surface area contributed by atoms with Crippen LogP contribution in [0.4, 0.5) is 23.4 Å². The van der Waals surface area contributed by atoms with Gasteiger partial charge in [-0.15, -0.1) is 13.2 Å². The van der Waals surface area contributed by atoms with Crippen molar-refractivity contribution in [3.63, 3.8) is 0 Å². The van der Waals surface area contributed by atoms with Gasteiger partial charge in [-0.2, -0.15) is 4.39 Å². The number of rotatable bonds is 2. The molecule has 0 spiro atoms. The molecule has 5 heterocycles. The minimum absolute atomic E-state index is 0.120. The molecule has 4 aromatic rings. The zero-order chi connectivity index (χ0) is 25.4. The van der Waals surface area contributed by atoms with Crippen molar-refractivity contribution in [1.82, 2.24) is 24.3 Å². The number of likely N-dealkylation sites (tertiary alicyclic amines) is 1. The van der Waals surface area contributed by atoms with Crippen molar-refractivity contribution in [1.29, 1.82) is 0 Å². The van der Waals surface area contributed by atoms with E-state index < -0.39 is 36.0 Å². The van der Waals surface area contributed by atoms with E-state index in [2.05, 4.69) is 19.7 Å². The van der Waals surface area contributed by atoms with Gasteiger partial charge >= 0.3 is 6.36 Å². The van der Waals surface area contributed by atoms with Gasteiger partial charge in [0.1, 0.15) is 34.5 Å².